The standard InChI is InChI=1S/C16H24N2O3S/c1-12(2)15(16(19)18-9-4-5-10-18)17-22(20,21)14-8-6-7-13(3)11-14/h6-8,11-12,15,17H,4-5,9-10H2,1-3H3/t15-/m0/s1. The highest BCUT2D eigenvalue weighted by atomic mass is 32.2. The van der Waals surface area contributed by atoms with Gasteiger partial charge in [0.25, 0.3) is 0 Å². The minimum Gasteiger partial charge on any atom is -0.341 e. The summed E-state index contributed by atoms with van der Waals surface area (Å²) in [6.45, 7) is 6.99. The fourth-order valence-electron chi connectivity index (χ4n) is 2.62. The Hall–Kier alpha value is -1.40. The predicted octanol–water partition coefficient (Wildman–Crippen LogP) is 1.92. The van der Waals surface area contributed by atoms with Crippen molar-refractivity contribution >= 4 is 15.9 Å². The van der Waals surface area contributed by atoms with Crippen LogP contribution in [0, 0.1) is 12.8 Å². The Bertz CT molecular complexity index is 635. The summed E-state index contributed by atoms with van der Waals surface area (Å²) in [4.78, 5) is 14.5. The highest BCUT2D eigenvalue weighted by molar-refractivity contribution is 7.89. The van der Waals surface area contributed by atoms with Gasteiger partial charge in [-0.25, -0.2) is 8.42 Å². The van der Waals surface area contributed by atoms with Crippen LogP contribution in [0.3, 0.4) is 0 Å². The first-order valence-electron chi connectivity index (χ1n) is 7.69. The van der Waals surface area contributed by atoms with Crippen LogP contribution in [-0.2, 0) is 14.8 Å². The fraction of sp³-hybridized carbons (Fsp3) is 0.562. The Labute approximate surface area is 132 Å². The summed E-state index contributed by atoms with van der Waals surface area (Å²) in [6, 6.07) is 5.99. The quantitative estimate of drug-likeness (QED) is 0.900. The van der Waals surface area contributed by atoms with Crippen LogP contribution in [0.25, 0.3) is 0 Å². The van der Waals surface area contributed by atoms with Gasteiger partial charge in [0.2, 0.25) is 15.9 Å². The minimum absolute atomic E-state index is 0.104. The third kappa shape index (κ3) is 3.87. The van der Waals surface area contributed by atoms with E-state index in [0.717, 1.165) is 18.4 Å². The van der Waals surface area contributed by atoms with Crippen molar-refractivity contribution in [3.05, 3.63) is 29.8 Å². The van der Waals surface area contributed by atoms with Crippen LogP contribution in [0.15, 0.2) is 29.2 Å². The number of aryl methyl sites for hydroxylation is 1. The number of carbonyl (C=O) groups excluding carboxylic acids is 1. The van der Waals surface area contributed by atoms with Crippen molar-refractivity contribution in [2.75, 3.05) is 13.1 Å². The van der Waals surface area contributed by atoms with Crippen LogP contribution in [0.5, 0.6) is 0 Å². The number of rotatable bonds is 5. The molecule has 1 aromatic rings. The topological polar surface area (TPSA) is 66.5 Å². The highest BCUT2D eigenvalue weighted by Gasteiger charge is 2.32. The lowest BCUT2D eigenvalue weighted by molar-refractivity contribution is -0.132. The van der Waals surface area contributed by atoms with E-state index in [2.05, 4.69) is 4.72 Å². The van der Waals surface area contributed by atoms with Gasteiger partial charge in [-0.05, 0) is 43.4 Å². The fourth-order valence-corrected chi connectivity index (χ4v) is 4.07. The molecule has 1 fully saturated rings. The number of nitrogens with one attached hydrogen (secondary N) is 1. The van der Waals surface area contributed by atoms with Gasteiger partial charge < -0.3 is 4.90 Å². The summed E-state index contributed by atoms with van der Waals surface area (Å²) in [5.74, 6) is -0.226. The van der Waals surface area contributed by atoms with E-state index in [1.54, 1.807) is 23.1 Å². The van der Waals surface area contributed by atoms with E-state index in [4.69, 9.17) is 0 Å². The molecule has 1 aliphatic heterocycles. The molecule has 1 heterocycles. The molecular weight excluding hydrogens is 300 g/mol. The molecule has 1 atom stereocenters. The molecule has 0 unspecified atom stereocenters. The number of amides is 1. The average molecular weight is 324 g/mol. The van der Waals surface area contributed by atoms with E-state index < -0.39 is 16.1 Å². The predicted molar refractivity (Wildman–Crippen MR) is 85.9 cm³/mol. The molecule has 0 saturated carbocycles. The summed E-state index contributed by atoms with van der Waals surface area (Å²) in [5, 5.41) is 0. The van der Waals surface area contributed by atoms with E-state index in [1.165, 1.54) is 0 Å². The maximum absolute atomic E-state index is 12.6. The summed E-state index contributed by atoms with van der Waals surface area (Å²) >= 11 is 0. The van der Waals surface area contributed by atoms with E-state index >= 15 is 0 Å². The van der Waals surface area contributed by atoms with E-state index in [0.29, 0.717) is 13.1 Å². The van der Waals surface area contributed by atoms with Crippen LogP contribution in [0.4, 0.5) is 0 Å². The highest BCUT2D eigenvalue weighted by Crippen LogP contribution is 2.17. The number of hydrogen-bond acceptors (Lipinski definition) is 3. The molecule has 0 spiro atoms. The maximum Gasteiger partial charge on any atom is 0.241 e. The van der Waals surface area contributed by atoms with Crippen LogP contribution < -0.4 is 4.72 Å². The van der Waals surface area contributed by atoms with Crippen LogP contribution in [-0.4, -0.2) is 38.4 Å². The van der Waals surface area contributed by atoms with Gasteiger partial charge in [0.1, 0.15) is 6.04 Å². The van der Waals surface area contributed by atoms with Crippen molar-refractivity contribution in [1.82, 2.24) is 9.62 Å². The summed E-state index contributed by atoms with van der Waals surface area (Å²) in [6.07, 6.45) is 1.97. The van der Waals surface area contributed by atoms with Crippen LogP contribution >= 0.6 is 0 Å². The van der Waals surface area contributed by atoms with Gasteiger partial charge >= 0.3 is 0 Å². The molecule has 122 valence electrons. The summed E-state index contributed by atoms with van der Waals surface area (Å²) < 4.78 is 27.7. The third-order valence-corrected chi connectivity index (χ3v) is 5.37. The lowest BCUT2D eigenvalue weighted by Gasteiger charge is -2.26. The minimum atomic E-state index is -3.70. The van der Waals surface area contributed by atoms with Crippen molar-refractivity contribution in [3.8, 4) is 0 Å². The molecule has 0 bridgehead atoms. The van der Waals surface area contributed by atoms with Crippen molar-refractivity contribution in [2.24, 2.45) is 5.92 Å². The first-order valence-corrected chi connectivity index (χ1v) is 9.17. The molecule has 6 heteroatoms. The van der Waals surface area contributed by atoms with Crippen molar-refractivity contribution in [3.63, 3.8) is 0 Å². The second-order valence-electron chi connectivity index (χ2n) is 6.19. The zero-order valence-corrected chi connectivity index (χ0v) is 14.2. The molecule has 2 rings (SSSR count). The third-order valence-electron chi connectivity index (χ3n) is 3.93. The van der Waals surface area contributed by atoms with Crippen molar-refractivity contribution < 1.29 is 13.2 Å². The Kier molecular flexibility index (Phi) is 5.24. The molecule has 0 aromatic heterocycles. The number of sulfonamides is 1. The van der Waals surface area contributed by atoms with E-state index in [-0.39, 0.29) is 16.7 Å². The number of hydrogen-bond donors (Lipinski definition) is 1. The zero-order valence-electron chi connectivity index (χ0n) is 13.4. The van der Waals surface area contributed by atoms with Crippen molar-refractivity contribution in [1.29, 1.82) is 0 Å². The van der Waals surface area contributed by atoms with Gasteiger partial charge in [-0.15, -0.1) is 0 Å². The normalized spacial score (nSPS) is 17.0. The smallest absolute Gasteiger partial charge is 0.241 e. The number of likely N-dealkylation sites (tertiary alicyclic amines) is 1. The Morgan fingerprint density at radius 1 is 1.23 bits per heavy atom. The number of benzene rings is 1. The molecule has 1 saturated heterocycles. The van der Waals surface area contributed by atoms with Crippen molar-refractivity contribution in [2.45, 2.75) is 44.6 Å². The van der Waals surface area contributed by atoms with Gasteiger partial charge in [-0.1, -0.05) is 26.0 Å². The van der Waals surface area contributed by atoms with Gasteiger partial charge in [0.15, 0.2) is 0 Å². The summed E-state index contributed by atoms with van der Waals surface area (Å²) in [7, 11) is -3.70. The van der Waals surface area contributed by atoms with Gasteiger partial charge in [-0.2, -0.15) is 4.72 Å². The van der Waals surface area contributed by atoms with Gasteiger partial charge in [0, 0.05) is 13.1 Å². The SMILES string of the molecule is Cc1cccc(S(=O)(=O)N[C@H](C(=O)N2CCCC2)C(C)C)c1. The second-order valence-corrected chi connectivity index (χ2v) is 7.91. The Morgan fingerprint density at radius 2 is 1.86 bits per heavy atom. The molecule has 5 nitrogen and oxygen atoms in total. The molecule has 0 radical (unpaired) electrons. The first-order chi connectivity index (χ1) is 10.3. The van der Waals surface area contributed by atoms with Gasteiger partial charge in [0.05, 0.1) is 4.90 Å². The molecule has 22 heavy (non-hydrogen) atoms. The lowest BCUT2D eigenvalue weighted by Crippen LogP contribution is -2.50. The Morgan fingerprint density at radius 3 is 2.41 bits per heavy atom. The molecule has 0 aliphatic carbocycles. The van der Waals surface area contributed by atoms with E-state index in [1.807, 2.05) is 26.8 Å². The zero-order chi connectivity index (χ0) is 16.3. The maximum atomic E-state index is 12.6. The lowest BCUT2D eigenvalue weighted by atomic mass is 10.0. The van der Waals surface area contributed by atoms with Gasteiger partial charge in [-0.3, -0.25) is 4.79 Å². The molecule has 1 N–H and O–H groups in total. The number of nitrogens with zero attached hydrogens (tertiary/aromatic N) is 1. The number of carbonyl (C=O) groups is 1. The average Bonchev–Trinajstić information content (AvgIpc) is 2.98. The van der Waals surface area contributed by atoms with Crippen LogP contribution in [0.2, 0.25) is 0 Å². The molecule has 1 aromatic carbocycles. The first kappa shape index (κ1) is 17.0. The molecule has 1 aliphatic rings. The monoisotopic (exact) mass is 324 g/mol. The molecule has 1 amide bonds. The summed E-state index contributed by atoms with van der Waals surface area (Å²) in [5.41, 5.74) is 0.870. The van der Waals surface area contributed by atoms with E-state index in [9.17, 15) is 13.2 Å². The molecular formula is C16H24N2O3S. The second kappa shape index (κ2) is 6.79. The van der Waals surface area contributed by atoms with Crippen LogP contribution in [0.1, 0.15) is 32.3 Å². The largest absolute Gasteiger partial charge is 0.341 e. The Balaban J connectivity index is 2.21.